The number of aliphatic carboxylic acids is 1. The van der Waals surface area contributed by atoms with Gasteiger partial charge in [-0.1, -0.05) is 0 Å². The van der Waals surface area contributed by atoms with Crippen LogP contribution in [0.1, 0.15) is 16.7 Å². The molecule has 82 valence electrons. The van der Waals surface area contributed by atoms with Crippen molar-refractivity contribution in [2.75, 3.05) is 0 Å². The lowest BCUT2D eigenvalue weighted by Gasteiger charge is -2.12. The van der Waals surface area contributed by atoms with Crippen molar-refractivity contribution in [2.45, 2.75) is 26.3 Å². The summed E-state index contributed by atoms with van der Waals surface area (Å²) in [6.07, 6.45) is 0.285. The van der Waals surface area contributed by atoms with Gasteiger partial charge >= 0.3 is 5.97 Å². The first-order valence-corrected chi connectivity index (χ1v) is 4.69. The molecule has 0 fully saturated rings. The van der Waals surface area contributed by atoms with Crippen LogP contribution in [0, 0.1) is 13.8 Å². The summed E-state index contributed by atoms with van der Waals surface area (Å²) in [6.45, 7) is 3.66. The molecule has 1 rings (SSSR count). The second-order valence-corrected chi connectivity index (χ2v) is 3.71. The van der Waals surface area contributed by atoms with Crippen LogP contribution in [0.2, 0.25) is 0 Å². The van der Waals surface area contributed by atoms with Gasteiger partial charge in [-0.15, -0.1) is 0 Å². The van der Waals surface area contributed by atoms with Crippen LogP contribution in [-0.2, 0) is 11.2 Å². The van der Waals surface area contributed by atoms with Crippen LogP contribution in [0.3, 0.4) is 0 Å². The third-order valence-electron chi connectivity index (χ3n) is 2.42. The van der Waals surface area contributed by atoms with Crippen LogP contribution in [0.5, 0.6) is 5.75 Å². The van der Waals surface area contributed by atoms with E-state index in [1.807, 2.05) is 13.8 Å². The predicted molar refractivity (Wildman–Crippen MR) is 56.9 cm³/mol. The molecule has 0 spiro atoms. The normalized spacial score (nSPS) is 12.5. The maximum absolute atomic E-state index is 10.6. The largest absolute Gasteiger partial charge is 0.508 e. The zero-order valence-corrected chi connectivity index (χ0v) is 8.82. The van der Waals surface area contributed by atoms with E-state index in [-0.39, 0.29) is 12.2 Å². The zero-order valence-electron chi connectivity index (χ0n) is 8.82. The molecule has 0 heterocycles. The number of hydrogen-bond donors (Lipinski definition) is 3. The number of phenolic OH excluding ortho intramolecular Hbond substituents is 1. The minimum Gasteiger partial charge on any atom is -0.508 e. The van der Waals surface area contributed by atoms with Crippen molar-refractivity contribution in [3.63, 3.8) is 0 Å². The van der Waals surface area contributed by atoms with Crippen molar-refractivity contribution in [1.82, 2.24) is 0 Å². The minimum absolute atomic E-state index is 0.192. The molecule has 0 aliphatic carbocycles. The van der Waals surface area contributed by atoms with E-state index in [1.165, 1.54) is 0 Å². The number of hydrogen-bond acceptors (Lipinski definition) is 3. The van der Waals surface area contributed by atoms with E-state index < -0.39 is 12.0 Å². The monoisotopic (exact) mass is 209 g/mol. The van der Waals surface area contributed by atoms with Gasteiger partial charge in [0.25, 0.3) is 0 Å². The number of carboxylic acid groups (broad SMARTS) is 1. The van der Waals surface area contributed by atoms with Crippen LogP contribution < -0.4 is 5.73 Å². The summed E-state index contributed by atoms with van der Waals surface area (Å²) in [7, 11) is 0. The van der Waals surface area contributed by atoms with E-state index in [0.29, 0.717) is 0 Å². The highest BCUT2D eigenvalue weighted by Gasteiger charge is 2.15. The van der Waals surface area contributed by atoms with Gasteiger partial charge in [-0.05, 0) is 49.1 Å². The number of carbonyl (C=O) groups is 1. The zero-order chi connectivity index (χ0) is 11.6. The summed E-state index contributed by atoms with van der Waals surface area (Å²) < 4.78 is 0. The molecule has 4 N–H and O–H groups in total. The number of rotatable bonds is 3. The first-order chi connectivity index (χ1) is 6.91. The molecule has 0 aromatic heterocycles. The first kappa shape index (κ1) is 11.5. The van der Waals surface area contributed by atoms with Gasteiger partial charge in [0, 0.05) is 0 Å². The lowest BCUT2D eigenvalue weighted by molar-refractivity contribution is -0.138. The van der Waals surface area contributed by atoms with E-state index in [9.17, 15) is 9.90 Å². The van der Waals surface area contributed by atoms with E-state index in [0.717, 1.165) is 16.7 Å². The Morgan fingerprint density at radius 2 is 1.87 bits per heavy atom. The molecule has 0 aliphatic rings. The van der Waals surface area contributed by atoms with Crippen LogP contribution in [-0.4, -0.2) is 22.2 Å². The average molecular weight is 209 g/mol. The lowest BCUT2D eigenvalue weighted by Crippen LogP contribution is -2.32. The molecule has 0 amide bonds. The Morgan fingerprint density at radius 1 is 1.40 bits per heavy atom. The Bertz CT molecular complexity index is 364. The molecule has 1 aromatic rings. The number of phenols is 1. The Labute approximate surface area is 88.3 Å². The number of aromatic hydroxyl groups is 1. The predicted octanol–water partition coefficient (Wildman–Crippen LogP) is 0.963. The van der Waals surface area contributed by atoms with Crippen molar-refractivity contribution in [2.24, 2.45) is 5.73 Å². The molecule has 0 saturated heterocycles. The van der Waals surface area contributed by atoms with Crippen LogP contribution in [0.15, 0.2) is 12.1 Å². The Morgan fingerprint density at radius 3 is 2.27 bits per heavy atom. The van der Waals surface area contributed by atoms with E-state index in [1.54, 1.807) is 12.1 Å². The highest BCUT2D eigenvalue weighted by molar-refractivity contribution is 5.73. The molecule has 4 heteroatoms. The fraction of sp³-hybridized carbons (Fsp3) is 0.364. The van der Waals surface area contributed by atoms with Crippen LogP contribution >= 0.6 is 0 Å². The van der Waals surface area contributed by atoms with Crippen molar-refractivity contribution in [1.29, 1.82) is 0 Å². The summed E-state index contributed by atoms with van der Waals surface area (Å²) in [4.78, 5) is 10.6. The molecule has 1 atom stereocenters. The fourth-order valence-electron chi connectivity index (χ4n) is 1.60. The van der Waals surface area contributed by atoms with Crippen LogP contribution in [0.25, 0.3) is 0 Å². The smallest absolute Gasteiger partial charge is 0.320 e. The number of benzene rings is 1. The van der Waals surface area contributed by atoms with E-state index in [2.05, 4.69) is 0 Å². The standard InChI is InChI=1S/C11H15NO3/c1-6-3-8(13)4-7(2)9(6)5-10(12)11(14)15/h3-4,10,13H,5,12H2,1-2H3,(H,14,15). The highest BCUT2D eigenvalue weighted by atomic mass is 16.4. The second kappa shape index (κ2) is 4.31. The molecule has 1 aromatic carbocycles. The number of aryl methyl sites for hydroxylation is 2. The van der Waals surface area contributed by atoms with Crippen LogP contribution in [0.4, 0.5) is 0 Å². The van der Waals surface area contributed by atoms with Gasteiger partial charge in [-0.2, -0.15) is 0 Å². The maximum Gasteiger partial charge on any atom is 0.320 e. The Kier molecular flexibility index (Phi) is 3.31. The SMILES string of the molecule is Cc1cc(O)cc(C)c1CC(N)C(=O)O. The Hall–Kier alpha value is -1.55. The molecule has 1 unspecified atom stereocenters. The summed E-state index contributed by atoms with van der Waals surface area (Å²) in [5.41, 5.74) is 8.08. The van der Waals surface area contributed by atoms with Gasteiger partial charge in [-0.25, -0.2) is 0 Å². The fourth-order valence-corrected chi connectivity index (χ4v) is 1.60. The summed E-state index contributed by atoms with van der Waals surface area (Å²) in [5, 5.41) is 18.0. The quantitative estimate of drug-likeness (QED) is 0.692. The van der Waals surface area contributed by atoms with Gasteiger partial charge in [0.2, 0.25) is 0 Å². The maximum atomic E-state index is 10.6. The van der Waals surface area contributed by atoms with Gasteiger partial charge in [-0.3, -0.25) is 4.79 Å². The molecular formula is C11H15NO3. The average Bonchev–Trinajstić information content (AvgIpc) is 2.10. The van der Waals surface area contributed by atoms with Crippen molar-refractivity contribution < 1.29 is 15.0 Å². The molecular weight excluding hydrogens is 194 g/mol. The van der Waals surface area contributed by atoms with E-state index >= 15 is 0 Å². The van der Waals surface area contributed by atoms with Crippen molar-refractivity contribution in [3.8, 4) is 5.75 Å². The minimum atomic E-state index is -1.01. The lowest BCUT2D eigenvalue weighted by atomic mass is 9.96. The molecule has 0 saturated carbocycles. The first-order valence-electron chi connectivity index (χ1n) is 4.69. The third-order valence-corrected chi connectivity index (χ3v) is 2.42. The molecule has 4 nitrogen and oxygen atoms in total. The molecule has 0 aliphatic heterocycles. The third kappa shape index (κ3) is 2.70. The summed E-state index contributed by atoms with van der Waals surface area (Å²) in [6, 6.07) is 2.32. The van der Waals surface area contributed by atoms with E-state index in [4.69, 9.17) is 10.8 Å². The Balaban J connectivity index is 3.00. The highest BCUT2D eigenvalue weighted by Crippen LogP contribution is 2.21. The van der Waals surface area contributed by atoms with Gasteiger partial charge in [0.15, 0.2) is 0 Å². The molecule has 0 radical (unpaired) electrons. The summed E-state index contributed by atoms with van der Waals surface area (Å²) >= 11 is 0. The summed E-state index contributed by atoms with van der Waals surface area (Å²) in [5.74, 6) is -0.820. The number of carboxylic acids is 1. The van der Waals surface area contributed by atoms with Gasteiger partial charge < -0.3 is 15.9 Å². The second-order valence-electron chi connectivity index (χ2n) is 3.71. The molecule has 15 heavy (non-hydrogen) atoms. The van der Waals surface area contributed by atoms with Crippen molar-refractivity contribution >= 4 is 5.97 Å². The van der Waals surface area contributed by atoms with Crippen molar-refractivity contribution in [3.05, 3.63) is 28.8 Å². The topological polar surface area (TPSA) is 83.5 Å². The van der Waals surface area contributed by atoms with Gasteiger partial charge in [0.05, 0.1) is 0 Å². The number of nitrogens with two attached hydrogens (primary N) is 1. The molecule has 0 bridgehead atoms. The van der Waals surface area contributed by atoms with Gasteiger partial charge in [0.1, 0.15) is 11.8 Å².